The second kappa shape index (κ2) is 8.96. The number of para-hydroxylation sites is 1. The van der Waals surface area contributed by atoms with E-state index in [1.807, 2.05) is 27.0 Å². The first kappa shape index (κ1) is 17.0. The Morgan fingerprint density at radius 1 is 1.20 bits per heavy atom. The predicted molar refractivity (Wildman–Crippen MR) is 82.7 cm³/mol. The lowest BCUT2D eigenvalue weighted by Crippen LogP contribution is -2.18. The zero-order valence-electron chi connectivity index (χ0n) is 13.2. The zero-order chi connectivity index (χ0) is 15.0. The van der Waals surface area contributed by atoms with Crippen LogP contribution in [0.5, 0.6) is 5.75 Å². The molecule has 20 heavy (non-hydrogen) atoms. The van der Waals surface area contributed by atoms with Gasteiger partial charge in [0.05, 0.1) is 6.10 Å². The fourth-order valence-electron chi connectivity index (χ4n) is 2.27. The first-order valence-corrected chi connectivity index (χ1v) is 7.72. The van der Waals surface area contributed by atoms with Gasteiger partial charge in [-0.15, -0.1) is 0 Å². The van der Waals surface area contributed by atoms with Crippen molar-refractivity contribution in [1.29, 1.82) is 0 Å². The van der Waals surface area contributed by atoms with Crippen LogP contribution >= 0.6 is 0 Å². The van der Waals surface area contributed by atoms with Gasteiger partial charge in [-0.3, -0.25) is 0 Å². The van der Waals surface area contributed by atoms with Crippen molar-refractivity contribution in [2.75, 3.05) is 7.05 Å². The normalized spacial score (nSPS) is 14.1. The molecule has 0 aromatic heterocycles. The Labute approximate surface area is 122 Å². The van der Waals surface area contributed by atoms with E-state index in [0.717, 1.165) is 18.4 Å². The van der Waals surface area contributed by atoms with Gasteiger partial charge < -0.3 is 10.1 Å². The average Bonchev–Trinajstić information content (AvgIpc) is 2.45. The molecule has 0 saturated carbocycles. The molecule has 2 unspecified atom stereocenters. The van der Waals surface area contributed by atoms with E-state index in [4.69, 9.17) is 4.74 Å². The van der Waals surface area contributed by atoms with E-state index in [-0.39, 0.29) is 18.0 Å². The number of hydrogen-bond acceptors (Lipinski definition) is 2. The maximum atomic E-state index is 14.0. The number of nitrogens with one attached hydrogen (secondary N) is 1. The molecule has 0 fully saturated rings. The fourth-order valence-corrected chi connectivity index (χ4v) is 2.27. The standard InChI is InChI=1S/C17H28FNO/c1-5-6-7-8-10-13(2)20-17-15(14(3)19-4)11-9-12-16(17)18/h9,11-14,19H,5-8,10H2,1-4H3. The molecule has 0 aliphatic rings. The molecule has 0 saturated heterocycles. The van der Waals surface area contributed by atoms with Crippen molar-refractivity contribution in [3.63, 3.8) is 0 Å². The maximum Gasteiger partial charge on any atom is 0.165 e. The van der Waals surface area contributed by atoms with Gasteiger partial charge in [0, 0.05) is 11.6 Å². The third-order valence-electron chi connectivity index (χ3n) is 3.68. The summed E-state index contributed by atoms with van der Waals surface area (Å²) in [5.74, 6) is 0.127. The van der Waals surface area contributed by atoms with E-state index in [0.29, 0.717) is 5.75 Å². The summed E-state index contributed by atoms with van der Waals surface area (Å²) < 4.78 is 19.9. The highest BCUT2D eigenvalue weighted by atomic mass is 19.1. The van der Waals surface area contributed by atoms with Gasteiger partial charge in [-0.2, -0.15) is 0 Å². The molecule has 2 nitrogen and oxygen atoms in total. The van der Waals surface area contributed by atoms with Crippen LogP contribution in [0.4, 0.5) is 4.39 Å². The first-order chi connectivity index (χ1) is 9.60. The molecule has 1 rings (SSSR count). The second-order valence-electron chi connectivity index (χ2n) is 5.45. The number of ether oxygens (including phenoxy) is 1. The number of hydrogen-bond donors (Lipinski definition) is 1. The van der Waals surface area contributed by atoms with Crippen molar-refractivity contribution in [3.05, 3.63) is 29.6 Å². The molecule has 1 N–H and O–H groups in total. The van der Waals surface area contributed by atoms with Crippen molar-refractivity contribution < 1.29 is 9.13 Å². The minimum atomic E-state index is -0.273. The van der Waals surface area contributed by atoms with Crippen molar-refractivity contribution in [2.24, 2.45) is 0 Å². The number of benzene rings is 1. The molecule has 0 aliphatic heterocycles. The van der Waals surface area contributed by atoms with E-state index in [2.05, 4.69) is 12.2 Å². The molecule has 0 heterocycles. The van der Waals surface area contributed by atoms with E-state index in [1.165, 1.54) is 25.3 Å². The summed E-state index contributed by atoms with van der Waals surface area (Å²) in [6.45, 7) is 6.23. The van der Waals surface area contributed by atoms with Gasteiger partial charge in [-0.25, -0.2) is 4.39 Å². The molecule has 0 aliphatic carbocycles. The van der Waals surface area contributed by atoms with E-state index in [1.54, 1.807) is 6.07 Å². The number of unbranched alkanes of at least 4 members (excludes halogenated alkanes) is 3. The van der Waals surface area contributed by atoms with Gasteiger partial charge in [-0.05, 0) is 39.8 Å². The Kier molecular flexibility index (Phi) is 7.60. The van der Waals surface area contributed by atoms with Crippen LogP contribution in [-0.4, -0.2) is 13.2 Å². The molecule has 3 heteroatoms. The van der Waals surface area contributed by atoms with Crippen molar-refractivity contribution in [2.45, 2.75) is 65.0 Å². The zero-order valence-corrected chi connectivity index (χ0v) is 13.2. The van der Waals surface area contributed by atoms with Gasteiger partial charge >= 0.3 is 0 Å². The molecule has 0 spiro atoms. The molecule has 1 aromatic rings. The lowest BCUT2D eigenvalue weighted by atomic mass is 10.1. The average molecular weight is 281 g/mol. The van der Waals surface area contributed by atoms with Crippen molar-refractivity contribution >= 4 is 0 Å². The van der Waals surface area contributed by atoms with Crippen LogP contribution in [0.1, 0.15) is 64.5 Å². The maximum absolute atomic E-state index is 14.0. The van der Waals surface area contributed by atoms with Crippen molar-refractivity contribution in [3.8, 4) is 5.75 Å². The van der Waals surface area contributed by atoms with Gasteiger partial charge in [-0.1, -0.05) is 38.3 Å². The summed E-state index contributed by atoms with van der Waals surface area (Å²) in [6, 6.07) is 5.19. The van der Waals surface area contributed by atoms with Crippen LogP contribution in [0.25, 0.3) is 0 Å². The summed E-state index contributed by atoms with van der Waals surface area (Å²) in [7, 11) is 1.87. The van der Waals surface area contributed by atoms with Crippen LogP contribution < -0.4 is 10.1 Å². The van der Waals surface area contributed by atoms with Gasteiger partial charge in [0.25, 0.3) is 0 Å². The van der Waals surface area contributed by atoms with Crippen LogP contribution in [-0.2, 0) is 0 Å². The Hall–Kier alpha value is -1.09. The Bertz CT molecular complexity index is 395. The fraction of sp³-hybridized carbons (Fsp3) is 0.647. The predicted octanol–water partition coefficient (Wildman–Crippen LogP) is 4.84. The summed E-state index contributed by atoms with van der Waals surface area (Å²) in [6.07, 6.45) is 5.87. The molecule has 2 atom stereocenters. The summed E-state index contributed by atoms with van der Waals surface area (Å²) in [5, 5.41) is 3.14. The SMILES string of the molecule is CCCCCCC(C)Oc1c(F)cccc1C(C)NC. The minimum Gasteiger partial charge on any atom is -0.487 e. The number of halogens is 1. The van der Waals surface area contributed by atoms with Crippen LogP contribution in [0.15, 0.2) is 18.2 Å². The van der Waals surface area contributed by atoms with Gasteiger partial charge in [0.2, 0.25) is 0 Å². The molecule has 0 amide bonds. The van der Waals surface area contributed by atoms with Gasteiger partial charge in [0.15, 0.2) is 11.6 Å². The van der Waals surface area contributed by atoms with E-state index in [9.17, 15) is 4.39 Å². The topological polar surface area (TPSA) is 21.3 Å². The van der Waals surface area contributed by atoms with E-state index < -0.39 is 0 Å². The molecule has 0 bridgehead atoms. The van der Waals surface area contributed by atoms with Crippen molar-refractivity contribution in [1.82, 2.24) is 5.32 Å². The third-order valence-corrected chi connectivity index (χ3v) is 3.68. The van der Waals surface area contributed by atoms with Gasteiger partial charge in [0.1, 0.15) is 0 Å². The highest BCUT2D eigenvalue weighted by molar-refractivity contribution is 5.37. The highest BCUT2D eigenvalue weighted by Crippen LogP contribution is 2.29. The Balaban J connectivity index is 2.66. The third kappa shape index (κ3) is 5.12. The molecular weight excluding hydrogens is 253 g/mol. The first-order valence-electron chi connectivity index (χ1n) is 7.72. The Morgan fingerprint density at radius 2 is 1.95 bits per heavy atom. The second-order valence-corrected chi connectivity index (χ2v) is 5.45. The quantitative estimate of drug-likeness (QED) is 0.654. The molecule has 114 valence electrons. The summed E-state index contributed by atoms with van der Waals surface area (Å²) >= 11 is 0. The van der Waals surface area contributed by atoms with Crippen LogP contribution in [0.2, 0.25) is 0 Å². The van der Waals surface area contributed by atoms with Crippen LogP contribution in [0.3, 0.4) is 0 Å². The number of rotatable bonds is 9. The summed E-state index contributed by atoms with van der Waals surface area (Å²) in [5.41, 5.74) is 0.882. The lowest BCUT2D eigenvalue weighted by molar-refractivity contribution is 0.194. The molecular formula is C17H28FNO. The Morgan fingerprint density at radius 3 is 2.60 bits per heavy atom. The summed E-state index contributed by atoms with van der Waals surface area (Å²) in [4.78, 5) is 0. The van der Waals surface area contributed by atoms with Crippen LogP contribution in [0, 0.1) is 5.82 Å². The monoisotopic (exact) mass is 281 g/mol. The minimum absolute atomic E-state index is 0.0477. The largest absolute Gasteiger partial charge is 0.487 e. The van der Waals surface area contributed by atoms with E-state index >= 15 is 0 Å². The highest BCUT2D eigenvalue weighted by Gasteiger charge is 2.16. The smallest absolute Gasteiger partial charge is 0.165 e. The molecule has 0 radical (unpaired) electrons. The lowest BCUT2D eigenvalue weighted by Gasteiger charge is -2.21. The molecule has 1 aromatic carbocycles.